The summed E-state index contributed by atoms with van der Waals surface area (Å²) in [5.74, 6) is 2.89. The maximum absolute atomic E-state index is 12.3. The first-order valence-electron chi connectivity index (χ1n) is 19.3. The molecule has 280 valence electrons. The number of ketones is 4. The molecule has 6 rings (SSSR count). The minimum atomic E-state index is -0.722. The monoisotopic (exact) mass is 712 g/mol. The van der Waals surface area contributed by atoms with Crippen molar-refractivity contribution in [2.24, 2.45) is 0 Å². The number of allylic oxidation sites excluding steroid dienone is 8. The Morgan fingerprint density at radius 2 is 0.577 bits per heavy atom. The molecule has 8 heteroatoms. The fourth-order valence-corrected chi connectivity index (χ4v) is 7.21. The summed E-state index contributed by atoms with van der Waals surface area (Å²) in [5, 5.41) is 0. The molecule has 0 aromatic carbocycles. The quantitative estimate of drug-likeness (QED) is 0.245. The Balaban J connectivity index is 0.000000201. The van der Waals surface area contributed by atoms with Crippen LogP contribution in [0.25, 0.3) is 0 Å². The van der Waals surface area contributed by atoms with Gasteiger partial charge in [-0.1, -0.05) is 24.3 Å². The van der Waals surface area contributed by atoms with Crippen molar-refractivity contribution in [1.82, 2.24) is 0 Å². The van der Waals surface area contributed by atoms with Gasteiger partial charge >= 0.3 is 0 Å². The third-order valence-electron chi connectivity index (χ3n) is 10.8. The minimum absolute atomic E-state index is 0.0629. The van der Waals surface area contributed by atoms with E-state index in [4.69, 9.17) is 18.9 Å². The van der Waals surface area contributed by atoms with Gasteiger partial charge in [-0.15, -0.1) is 0 Å². The van der Waals surface area contributed by atoms with Gasteiger partial charge in [0, 0.05) is 24.3 Å². The molecule has 0 spiro atoms. The summed E-state index contributed by atoms with van der Waals surface area (Å²) < 4.78 is 23.7. The third kappa shape index (κ3) is 10.0. The lowest BCUT2D eigenvalue weighted by atomic mass is 9.94. The topological polar surface area (TPSA) is 105 Å². The molecule has 0 amide bonds. The van der Waals surface area contributed by atoms with Crippen molar-refractivity contribution < 1.29 is 38.1 Å². The zero-order chi connectivity index (χ0) is 37.2. The van der Waals surface area contributed by atoms with Gasteiger partial charge in [0.05, 0.1) is 0 Å². The Hall–Kier alpha value is -4.20. The summed E-state index contributed by atoms with van der Waals surface area (Å²) in [6.45, 7) is 7.52. The highest BCUT2D eigenvalue weighted by Gasteiger charge is 2.41. The SMILES string of the molecule is C[C@@]12CCCC/C=C\C3=CC(=O)[C@](C)(CCCC/C=C\C(=CC1=O)O2)O3.C[C@]12CCCC/C=C\C3=CC(=O)[C@](C)(CCCC/C=C\C(=CC1=O)O2)O3. The highest BCUT2D eigenvalue weighted by Crippen LogP contribution is 2.35. The van der Waals surface area contributed by atoms with Crippen LogP contribution >= 0.6 is 0 Å². The van der Waals surface area contributed by atoms with Crippen molar-refractivity contribution in [3.63, 3.8) is 0 Å². The van der Waals surface area contributed by atoms with Crippen LogP contribution in [0.5, 0.6) is 0 Å². The highest BCUT2D eigenvalue weighted by molar-refractivity contribution is 6.01. The van der Waals surface area contributed by atoms with Crippen molar-refractivity contribution in [3.8, 4) is 0 Å². The summed E-state index contributed by atoms with van der Waals surface area (Å²) in [4.78, 5) is 49.1. The molecule has 6 aliphatic heterocycles. The summed E-state index contributed by atoms with van der Waals surface area (Å²) in [6, 6.07) is 0. The number of ether oxygens (including phenoxy) is 4. The Bertz CT molecular complexity index is 1390. The molecule has 0 aromatic rings. The van der Waals surface area contributed by atoms with Gasteiger partial charge in [-0.3, -0.25) is 19.2 Å². The largest absolute Gasteiger partial charge is 0.479 e. The van der Waals surface area contributed by atoms with Crippen molar-refractivity contribution in [2.45, 2.75) is 153 Å². The van der Waals surface area contributed by atoms with Crippen LogP contribution in [0, 0.1) is 0 Å². The van der Waals surface area contributed by atoms with Gasteiger partial charge in [-0.05, 0) is 155 Å². The van der Waals surface area contributed by atoms with Crippen molar-refractivity contribution in [2.75, 3.05) is 0 Å². The van der Waals surface area contributed by atoms with Crippen molar-refractivity contribution in [3.05, 3.63) is 95.9 Å². The van der Waals surface area contributed by atoms with E-state index in [1.165, 1.54) is 0 Å². The smallest absolute Gasteiger partial charge is 0.202 e. The standard InChI is InChI=1S/2C22H28O4/c2*1-21-13-9-5-3-8-12-18-16-20(24)22(2,26-18)14-10-6-4-7-11-17(25-21)15-19(21)23/h2*7-8,11-12,15-16H,3-6,9-10,13-14H2,1-2H3/b2*11-7-,12-8-/t21-,22+;21-,22-/m.0/s1. The first-order valence-corrected chi connectivity index (χ1v) is 19.3. The number of hydrogen-bond acceptors (Lipinski definition) is 8. The fourth-order valence-electron chi connectivity index (χ4n) is 7.21. The summed E-state index contributed by atoms with van der Waals surface area (Å²) in [5.41, 5.74) is -2.89. The van der Waals surface area contributed by atoms with Gasteiger partial charge in [0.1, 0.15) is 23.0 Å². The van der Waals surface area contributed by atoms with Crippen LogP contribution in [0.15, 0.2) is 95.9 Å². The van der Waals surface area contributed by atoms with Gasteiger partial charge in [0.15, 0.2) is 22.4 Å². The minimum Gasteiger partial charge on any atom is -0.479 e. The van der Waals surface area contributed by atoms with E-state index in [0.29, 0.717) is 48.7 Å². The Labute approximate surface area is 309 Å². The van der Waals surface area contributed by atoms with E-state index in [2.05, 4.69) is 0 Å². The summed E-state index contributed by atoms with van der Waals surface area (Å²) in [7, 11) is 0. The molecule has 6 aliphatic rings. The lowest BCUT2D eigenvalue weighted by molar-refractivity contribution is -0.129. The zero-order valence-electron chi connectivity index (χ0n) is 31.5. The van der Waals surface area contributed by atoms with Crippen molar-refractivity contribution >= 4 is 23.1 Å². The number of hydrogen-bond donors (Lipinski definition) is 0. The molecular formula is C44H56O8. The predicted molar refractivity (Wildman–Crippen MR) is 201 cm³/mol. The Morgan fingerprint density at radius 3 is 0.788 bits per heavy atom. The van der Waals surface area contributed by atoms with E-state index in [-0.39, 0.29) is 23.1 Å². The van der Waals surface area contributed by atoms with E-state index in [0.717, 1.165) is 77.0 Å². The van der Waals surface area contributed by atoms with E-state index < -0.39 is 22.4 Å². The van der Waals surface area contributed by atoms with Crippen LogP contribution in [0.2, 0.25) is 0 Å². The molecule has 52 heavy (non-hydrogen) atoms. The molecule has 0 aliphatic carbocycles. The average Bonchev–Trinajstić information content (AvgIpc) is 3.75. The van der Waals surface area contributed by atoms with E-state index in [9.17, 15) is 19.2 Å². The normalized spacial score (nSPS) is 35.5. The number of fused-ring (bicyclic) bond motifs is 8. The molecule has 0 saturated carbocycles. The predicted octanol–water partition coefficient (Wildman–Crippen LogP) is 9.43. The molecule has 0 aromatic heterocycles. The van der Waals surface area contributed by atoms with Gasteiger partial charge in [0.25, 0.3) is 0 Å². The lowest BCUT2D eigenvalue weighted by Crippen LogP contribution is -2.32. The van der Waals surface area contributed by atoms with Gasteiger partial charge in [-0.25, -0.2) is 0 Å². The molecule has 0 radical (unpaired) electrons. The van der Waals surface area contributed by atoms with Crippen LogP contribution in [0.1, 0.15) is 130 Å². The molecule has 6 heterocycles. The Morgan fingerprint density at radius 1 is 0.365 bits per heavy atom. The van der Waals surface area contributed by atoms with Crippen LogP contribution in [-0.2, 0) is 38.1 Å². The van der Waals surface area contributed by atoms with Crippen LogP contribution < -0.4 is 0 Å². The van der Waals surface area contributed by atoms with Gasteiger partial charge in [0.2, 0.25) is 23.1 Å². The van der Waals surface area contributed by atoms with E-state index >= 15 is 0 Å². The Kier molecular flexibility index (Phi) is 12.8. The van der Waals surface area contributed by atoms with Crippen LogP contribution in [-0.4, -0.2) is 45.5 Å². The molecule has 8 nitrogen and oxygen atoms in total. The summed E-state index contributed by atoms with van der Waals surface area (Å²) >= 11 is 0. The second kappa shape index (κ2) is 17.1. The number of carbonyl (C=O) groups excluding carboxylic acids is 4. The average molecular weight is 713 g/mol. The molecule has 0 fully saturated rings. The number of carbonyl (C=O) groups is 4. The van der Waals surface area contributed by atoms with Gasteiger partial charge < -0.3 is 18.9 Å². The fraction of sp³-hybridized carbons (Fsp3) is 0.545. The van der Waals surface area contributed by atoms with Crippen molar-refractivity contribution in [1.29, 1.82) is 0 Å². The summed E-state index contributed by atoms with van der Waals surface area (Å²) in [6.07, 6.45) is 36.1. The maximum atomic E-state index is 12.3. The van der Waals surface area contributed by atoms with Crippen LogP contribution in [0.3, 0.4) is 0 Å². The molecular weight excluding hydrogens is 656 g/mol. The van der Waals surface area contributed by atoms with Crippen LogP contribution in [0.4, 0.5) is 0 Å². The lowest BCUT2D eigenvalue weighted by Gasteiger charge is -2.23. The van der Waals surface area contributed by atoms with E-state index in [1.807, 2.05) is 76.3 Å². The maximum Gasteiger partial charge on any atom is 0.202 e. The first-order chi connectivity index (χ1) is 24.8. The van der Waals surface area contributed by atoms with E-state index in [1.54, 1.807) is 24.3 Å². The highest BCUT2D eigenvalue weighted by atomic mass is 16.5. The zero-order valence-corrected chi connectivity index (χ0v) is 31.5. The molecule has 8 bridgehead atoms. The molecule has 0 N–H and O–H groups in total. The second-order valence-corrected chi connectivity index (χ2v) is 15.6. The molecule has 4 atom stereocenters. The third-order valence-corrected chi connectivity index (χ3v) is 10.8. The molecule has 0 saturated heterocycles. The first kappa shape index (κ1) is 39.0. The van der Waals surface area contributed by atoms with Gasteiger partial charge in [-0.2, -0.15) is 0 Å². The molecule has 0 unspecified atom stereocenters. The second-order valence-electron chi connectivity index (χ2n) is 15.6. The number of rotatable bonds is 0.